The molecule has 0 bridgehead atoms. The van der Waals surface area contributed by atoms with E-state index in [-0.39, 0.29) is 29.7 Å². The van der Waals surface area contributed by atoms with Crippen LogP contribution in [-0.2, 0) is 24.2 Å². The van der Waals surface area contributed by atoms with Crippen LogP contribution in [0.1, 0.15) is 42.1 Å². The molecule has 2 heterocycles. The Balaban J connectivity index is 1.45. The summed E-state index contributed by atoms with van der Waals surface area (Å²) in [5, 5.41) is 3.59. The number of hydrogen-bond donors (Lipinski definition) is 1. The number of carbonyl (C=O) groups excluding carboxylic acids is 1. The Morgan fingerprint density at radius 2 is 2.04 bits per heavy atom. The zero-order valence-electron chi connectivity index (χ0n) is 14.3. The largest absolute Gasteiger partial charge is 0.352 e. The number of hydrogen-bond acceptors (Lipinski definition) is 4. The van der Waals surface area contributed by atoms with Gasteiger partial charge in [0, 0.05) is 24.3 Å². The molecule has 1 aliphatic carbocycles. The second kappa shape index (κ2) is 7.23. The quantitative estimate of drug-likeness (QED) is 0.837. The van der Waals surface area contributed by atoms with Crippen LogP contribution < -0.4 is 10.9 Å². The van der Waals surface area contributed by atoms with E-state index in [1.54, 1.807) is 28.5 Å². The second-order valence-corrected chi connectivity index (χ2v) is 7.76. The molecule has 1 unspecified atom stereocenters. The lowest BCUT2D eigenvalue weighted by Crippen LogP contribution is -2.33. The van der Waals surface area contributed by atoms with Crippen molar-refractivity contribution in [3.05, 3.63) is 57.3 Å². The van der Waals surface area contributed by atoms with E-state index in [1.165, 1.54) is 12.1 Å². The van der Waals surface area contributed by atoms with Crippen molar-refractivity contribution in [3.63, 3.8) is 0 Å². The van der Waals surface area contributed by atoms with Crippen molar-refractivity contribution < 1.29 is 9.18 Å². The average molecular weight is 373 g/mol. The van der Waals surface area contributed by atoms with E-state index in [0.717, 1.165) is 47.7 Å². The lowest BCUT2D eigenvalue weighted by molar-refractivity contribution is -0.121. The minimum Gasteiger partial charge on any atom is -0.352 e. The number of nitrogens with zero attached hydrogens (tertiary/aromatic N) is 2. The van der Waals surface area contributed by atoms with E-state index >= 15 is 0 Å². The first-order valence-corrected chi connectivity index (χ1v) is 9.88. The van der Waals surface area contributed by atoms with Gasteiger partial charge < -0.3 is 5.32 Å². The maximum absolute atomic E-state index is 12.9. The Morgan fingerprint density at radius 1 is 1.27 bits per heavy atom. The van der Waals surface area contributed by atoms with Gasteiger partial charge in [0.25, 0.3) is 5.56 Å². The molecule has 1 aliphatic heterocycles. The van der Waals surface area contributed by atoms with Crippen molar-refractivity contribution >= 4 is 17.7 Å². The van der Waals surface area contributed by atoms with Gasteiger partial charge in [-0.25, -0.2) is 9.37 Å². The van der Waals surface area contributed by atoms with Gasteiger partial charge in [-0.3, -0.25) is 14.2 Å². The molecule has 1 aromatic carbocycles. The van der Waals surface area contributed by atoms with Crippen LogP contribution in [0.25, 0.3) is 0 Å². The van der Waals surface area contributed by atoms with Gasteiger partial charge in [0.1, 0.15) is 5.82 Å². The molecular formula is C19H20FN3O2S. The van der Waals surface area contributed by atoms with Gasteiger partial charge in [0.2, 0.25) is 5.91 Å². The van der Waals surface area contributed by atoms with Crippen molar-refractivity contribution in [3.8, 4) is 0 Å². The molecule has 0 fully saturated rings. The maximum Gasteiger partial charge on any atom is 0.257 e. The van der Waals surface area contributed by atoms with Gasteiger partial charge in [-0.05, 0) is 43.4 Å². The zero-order chi connectivity index (χ0) is 18.1. The van der Waals surface area contributed by atoms with Crippen LogP contribution in [-0.4, -0.2) is 21.2 Å². The van der Waals surface area contributed by atoms with Crippen LogP contribution in [0.4, 0.5) is 4.39 Å². The summed E-state index contributed by atoms with van der Waals surface area (Å²) in [6.07, 6.45) is 4.03. The molecule has 7 heteroatoms. The van der Waals surface area contributed by atoms with Crippen LogP contribution in [0.2, 0.25) is 0 Å². The van der Waals surface area contributed by atoms with E-state index in [4.69, 9.17) is 0 Å². The number of fused-ring (bicyclic) bond motifs is 2. The van der Waals surface area contributed by atoms with Crippen LogP contribution in [0.5, 0.6) is 0 Å². The lowest BCUT2D eigenvalue weighted by Gasteiger charge is -2.18. The standard InChI is InChI=1S/C19H20FN3O2S/c20-13-7-5-12(6-8-13)10-21-17(24)9-14-11-26-19-22-16-4-2-1-3-15(16)18(25)23(14)19/h5-8,14H,1-4,9-11H2,(H,21,24). The highest BCUT2D eigenvalue weighted by atomic mass is 32.2. The van der Waals surface area contributed by atoms with Gasteiger partial charge in [-0.2, -0.15) is 0 Å². The normalized spacial score (nSPS) is 18.3. The number of rotatable bonds is 4. The van der Waals surface area contributed by atoms with Crippen molar-refractivity contribution in [2.24, 2.45) is 0 Å². The lowest BCUT2D eigenvalue weighted by atomic mass is 9.97. The Kier molecular flexibility index (Phi) is 4.80. The van der Waals surface area contributed by atoms with Crippen molar-refractivity contribution in [1.29, 1.82) is 0 Å². The fourth-order valence-electron chi connectivity index (χ4n) is 3.55. The third-order valence-corrected chi connectivity index (χ3v) is 6.04. The first-order chi connectivity index (χ1) is 12.6. The van der Waals surface area contributed by atoms with Gasteiger partial charge in [0.15, 0.2) is 5.16 Å². The molecule has 0 saturated heterocycles. The van der Waals surface area contributed by atoms with Crippen molar-refractivity contribution in [2.45, 2.75) is 49.8 Å². The fraction of sp³-hybridized carbons (Fsp3) is 0.421. The average Bonchev–Trinajstić information content (AvgIpc) is 3.04. The molecule has 0 spiro atoms. The molecule has 2 aliphatic rings. The number of halogens is 1. The van der Waals surface area contributed by atoms with E-state index < -0.39 is 0 Å². The number of carbonyl (C=O) groups is 1. The first kappa shape index (κ1) is 17.3. The number of aryl methyl sites for hydroxylation is 1. The molecular weight excluding hydrogens is 353 g/mol. The Labute approximate surface area is 155 Å². The predicted octanol–water partition coefficient (Wildman–Crippen LogP) is 2.61. The monoisotopic (exact) mass is 373 g/mol. The molecule has 1 atom stereocenters. The predicted molar refractivity (Wildman–Crippen MR) is 97.8 cm³/mol. The summed E-state index contributed by atoms with van der Waals surface area (Å²) >= 11 is 1.55. The minimum atomic E-state index is -0.296. The SMILES string of the molecule is O=C(CC1CSc2nc3c(c(=O)n21)CCCC3)NCc1ccc(F)cc1. The Hall–Kier alpha value is -2.15. The summed E-state index contributed by atoms with van der Waals surface area (Å²) in [7, 11) is 0. The number of amides is 1. The molecule has 4 rings (SSSR count). The summed E-state index contributed by atoms with van der Waals surface area (Å²) in [6.45, 7) is 0.350. The van der Waals surface area contributed by atoms with Crippen LogP contribution in [0, 0.1) is 5.82 Å². The summed E-state index contributed by atoms with van der Waals surface area (Å²) in [5.41, 5.74) is 2.65. The highest BCUT2D eigenvalue weighted by molar-refractivity contribution is 7.99. The topological polar surface area (TPSA) is 64.0 Å². The molecule has 26 heavy (non-hydrogen) atoms. The van der Waals surface area contributed by atoms with E-state index in [1.807, 2.05) is 0 Å². The molecule has 1 aromatic heterocycles. The summed E-state index contributed by atoms with van der Waals surface area (Å²) in [4.78, 5) is 29.8. The van der Waals surface area contributed by atoms with E-state index in [0.29, 0.717) is 12.3 Å². The molecule has 5 nitrogen and oxygen atoms in total. The fourth-order valence-corrected chi connectivity index (χ4v) is 4.71. The number of nitrogens with one attached hydrogen (secondary N) is 1. The Bertz CT molecular complexity index is 895. The summed E-state index contributed by atoms with van der Waals surface area (Å²) < 4.78 is 14.6. The maximum atomic E-state index is 12.9. The third kappa shape index (κ3) is 3.40. The van der Waals surface area contributed by atoms with Gasteiger partial charge in [0.05, 0.1) is 11.7 Å². The minimum absolute atomic E-state index is 0.0334. The highest BCUT2D eigenvalue weighted by Gasteiger charge is 2.30. The summed E-state index contributed by atoms with van der Waals surface area (Å²) in [5.74, 6) is 0.280. The smallest absolute Gasteiger partial charge is 0.257 e. The molecule has 0 saturated carbocycles. The second-order valence-electron chi connectivity index (χ2n) is 6.77. The van der Waals surface area contributed by atoms with Crippen molar-refractivity contribution in [1.82, 2.24) is 14.9 Å². The number of aromatic nitrogens is 2. The number of thioether (sulfide) groups is 1. The van der Waals surface area contributed by atoms with E-state index in [9.17, 15) is 14.0 Å². The number of benzene rings is 1. The molecule has 1 amide bonds. The molecule has 136 valence electrons. The van der Waals surface area contributed by atoms with Crippen LogP contribution in [0.15, 0.2) is 34.2 Å². The molecule has 2 aromatic rings. The van der Waals surface area contributed by atoms with Gasteiger partial charge >= 0.3 is 0 Å². The van der Waals surface area contributed by atoms with Gasteiger partial charge in [-0.15, -0.1) is 0 Å². The highest BCUT2D eigenvalue weighted by Crippen LogP contribution is 2.33. The van der Waals surface area contributed by atoms with E-state index in [2.05, 4.69) is 10.3 Å². The molecule has 1 N–H and O–H groups in total. The third-order valence-electron chi connectivity index (χ3n) is 4.95. The van der Waals surface area contributed by atoms with Crippen LogP contribution >= 0.6 is 11.8 Å². The first-order valence-electron chi connectivity index (χ1n) is 8.90. The van der Waals surface area contributed by atoms with Crippen molar-refractivity contribution in [2.75, 3.05) is 5.75 Å². The van der Waals surface area contributed by atoms with Crippen LogP contribution in [0.3, 0.4) is 0 Å². The summed E-state index contributed by atoms with van der Waals surface area (Å²) in [6, 6.07) is 5.89. The zero-order valence-corrected chi connectivity index (χ0v) is 15.2. The Morgan fingerprint density at radius 3 is 2.85 bits per heavy atom. The molecule has 0 radical (unpaired) electrons. The van der Waals surface area contributed by atoms with Gasteiger partial charge in [-0.1, -0.05) is 23.9 Å².